The minimum atomic E-state index is -0.326. The van der Waals surface area contributed by atoms with E-state index in [9.17, 15) is 14.9 Å². The molecule has 0 spiro atoms. The summed E-state index contributed by atoms with van der Waals surface area (Å²) in [5, 5.41) is 12.3. The molecule has 4 nitrogen and oxygen atoms in total. The van der Waals surface area contributed by atoms with E-state index in [-0.39, 0.29) is 17.3 Å². The zero-order chi connectivity index (χ0) is 19.1. The lowest BCUT2D eigenvalue weighted by atomic mass is 10.0. The molecule has 0 unspecified atom stereocenters. The van der Waals surface area contributed by atoms with E-state index in [0.717, 1.165) is 0 Å². The largest absolute Gasteiger partial charge is 0.351 e. The van der Waals surface area contributed by atoms with Crippen molar-refractivity contribution in [3.05, 3.63) is 113 Å². The zero-order valence-electron chi connectivity index (χ0n) is 14.4. The molecule has 0 saturated carbocycles. The van der Waals surface area contributed by atoms with E-state index in [1.54, 1.807) is 72.8 Å². The number of carbonyl (C=O) groups is 2. The van der Waals surface area contributed by atoms with Crippen LogP contribution in [0.25, 0.3) is 0 Å². The standard InChI is InChI=1S/C23H16N2O2/c24-16-19-13-7-8-14-20(19)25-21(23(27)18-11-5-2-6-12-18)15-22(26)17-9-3-1-4-10-17/h1-15,25H/b21-15-. The highest BCUT2D eigenvalue weighted by Gasteiger charge is 2.16. The summed E-state index contributed by atoms with van der Waals surface area (Å²) in [6.07, 6.45) is 1.28. The molecule has 3 aromatic rings. The number of hydrogen-bond donors (Lipinski definition) is 1. The molecule has 0 aliphatic heterocycles. The molecular formula is C23H16N2O2. The molecule has 0 aromatic heterocycles. The number of nitrogens with one attached hydrogen (secondary N) is 1. The number of para-hydroxylation sites is 1. The predicted octanol–water partition coefficient (Wildman–Crippen LogP) is 4.62. The van der Waals surface area contributed by atoms with Gasteiger partial charge in [-0.3, -0.25) is 9.59 Å². The number of carbonyl (C=O) groups excluding carboxylic acids is 2. The molecule has 27 heavy (non-hydrogen) atoms. The fourth-order valence-electron chi connectivity index (χ4n) is 2.55. The van der Waals surface area contributed by atoms with Gasteiger partial charge in [0.05, 0.1) is 16.9 Å². The molecule has 0 atom stereocenters. The third kappa shape index (κ3) is 4.36. The first-order valence-electron chi connectivity index (χ1n) is 8.36. The Morgan fingerprint density at radius 3 is 1.96 bits per heavy atom. The quantitative estimate of drug-likeness (QED) is 0.519. The number of hydrogen-bond acceptors (Lipinski definition) is 4. The average Bonchev–Trinajstić information content (AvgIpc) is 2.74. The van der Waals surface area contributed by atoms with Crippen LogP contribution < -0.4 is 5.32 Å². The Morgan fingerprint density at radius 1 is 0.778 bits per heavy atom. The van der Waals surface area contributed by atoms with Crippen LogP contribution in [0.1, 0.15) is 26.3 Å². The number of anilines is 1. The molecule has 130 valence electrons. The maximum Gasteiger partial charge on any atom is 0.209 e. The molecule has 0 heterocycles. The van der Waals surface area contributed by atoms with Gasteiger partial charge in [-0.2, -0.15) is 5.26 Å². The van der Waals surface area contributed by atoms with Crippen molar-refractivity contribution in [3.63, 3.8) is 0 Å². The lowest BCUT2D eigenvalue weighted by Gasteiger charge is -2.12. The summed E-state index contributed by atoms with van der Waals surface area (Å²) in [6.45, 7) is 0. The highest BCUT2D eigenvalue weighted by Crippen LogP contribution is 2.19. The summed E-state index contributed by atoms with van der Waals surface area (Å²) in [7, 11) is 0. The van der Waals surface area contributed by atoms with Gasteiger partial charge in [-0.1, -0.05) is 72.8 Å². The van der Waals surface area contributed by atoms with Gasteiger partial charge in [0.25, 0.3) is 0 Å². The Balaban J connectivity index is 2.01. The number of Topliss-reactive ketones (excluding diaryl/α,β-unsaturated/α-hetero) is 1. The van der Waals surface area contributed by atoms with E-state index in [4.69, 9.17) is 0 Å². The topological polar surface area (TPSA) is 70.0 Å². The Hall–Kier alpha value is -3.97. The molecule has 0 bridgehead atoms. The van der Waals surface area contributed by atoms with Gasteiger partial charge in [-0.15, -0.1) is 0 Å². The maximum absolute atomic E-state index is 12.9. The second-order valence-corrected chi connectivity index (χ2v) is 5.77. The van der Waals surface area contributed by atoms with E-state index in [1.165, 1.54) is 6.08 Å². The van der Waals surface area contributed by atoms with Gasteiger partial charge >= 0.3 is 0 Å². The number of allylic oxidation sites excluding steroid dienone is 2. The fraction of sp³-hybridized carbons (Fsp3) is 0. The fourth-order valence-corrected chi connectivity index (χ4v) is 2.55. The molecule has 4 heteroatoms. The first kappa shape index (κ1) is 17.8. The minimum absolute atomic E-state index is 0.109. The lowest BCUT2D eigenvalue weighted by Crippen LogP contribution is -2.14. The second-order valence-electron chi connectivity index (χ2n) is 5.77. The zero-order valence-corrected chi connectivity index (χ0v) is 14.4. The van der Waals surface area contributed by atoms with Crippen molar-refractivity contribution < 1.29 is 9.59 Å². The maximum atomic E-state index is 12.9. The van der Waals surface area contributed by atoms with Gasteiger partial charge in [0, 0.05) is 17.2 Å². The molecule has 0 aliphatic rings. The van der Waals surface area contributed by atoms with Gasteiger partial charge in [-0.25, -0.2) is 0 Å². The second kappa shape index (κ2) is 8.41. The summed E-state index contributed by atoms with van der Waals surface area (Å²) in [4.78, 5) is 25.6. The van der Waals surface area contributed by atoms with Crippen LogP contribution in [0.15, 0.2) is 96.7 Å². The Morgan fingerprint density at radius 2 is 1.33 bits per heavy atom. The van der Waals surface area contributed by atoms with Crippen molar-refractivity contribution in [1.29, 1.82) is 5.26 Å². The average molecular weight is 352 g/mol. The van der Waals surface area contributed by atoms with Crippen LogP contribution in [0.5, 0.6) is 0 Å². The summed E-state index contributed by atoms with van der Waals surface area (Å²) < 4.78 is 0. The minimum Gasteiger partial charge on any atom is -0.351 e. The molecule has 3 aromatic carbocycles. The van der Waals surface area contributed by atoms with Gasteiger partial charge in [0.15, 0.2) is 5.78 Å². The molecule has 0 radical (unpaired) electrons. The predicted molar refractivity (Wildman–Crippen MR) is 104 cm³/mol. The first-order valence-corrected chi connectivity index (χ1v) is 8.36. The van der Waals surface area contributed by atoms with Crippen molar-refractivity contribution in [2.24, 2.45) is 0 Å². The van der Waals surface area contributed by atoms with Gasteiger partial charge in [0.1, 0.15) is 6.07 Å². The normalized spacial score (nSPS) is 10.7. The number of benzene rings is 3. The van der Waals surface area contributed by atoms with E-state index in [2.05, 4.69) is 11.4 Å². The molecule has 1 N–H and O–H groups in total. The van der Waals surface area contributed by atoms with Crippen LogP contribution in [0.4, 0.5) is 5.69 Å². The number of rotatable bonds is 6. The third-order valence-electron chi connectivity index (χ3n) is 3.93. The Kier molecular flexibility index (Phi) is 5.56. The van der Waals surface area contributed by atoms with Crippen LogP contribution in [0.3, 0.4) is 0 Å². The van der Waals surface area contributed by atoms with Crippen LogP contribution in [0, 0.1) is 11.3 Å². The summed E-state index contributed by atoms with van der Waals surface area (Å²) in [5.74, 6) is -0.621. The Bertz CT molecular complexity index is 1030. The monoisotopic (exact) mass is 352 g/mol. The number of nitriles is 1. The van der Waals surface area contributed by atoms with E-state index < -0.39 is 0 Å². The van der Waals surface area contributed by atoms with Crippen molar-refractivity contribution in [3.8, 4) is 6.07 Å². The van der Waals surface area contributed by atoms with E-state index in [1.807, 2.05) is 12.1 Å². The summed E-state index contributed by atoms with van der Waals surface area (Å²) >= 11 is 0. The summed E-state index contributed by atoms with van der Waals surface area (Å²) in [5.41, 5.74) is 1.89. The van der Waals surface area contributed by atoms with Crippen LogP contribution in [0.2, 0.25) is 0 Å². The third-order valence-corrected chi connectivity index (χ3v) is 3.93. The SMILES string of the molecule is N#Cc1ccccc1N/C(=C\C(=O)c1ccccc1)C(=O)c1ccccc1. The molecule has 0 aliphatic carbocycles. The highest BCUT2D eigenvalue weighted by atomic mass is 16.1. The molecule has 0 saturated heterocycles. The van der Waals surface area contributed by atoms with Crippen LogP contribution >= 0.6 is 0 Å². The van der Waals surface area contributed by atoms with Crippen molar-refractivity contribution >= 4 is 17.3 Å². The molecule has 0 fully saturated rings. The molecule has 3 rings (SSSR count). The van der Waals surface area contributed by atoms with Crippen molar-refractivity contribution in [1.82, 2.24) is 0 Å². The van der Waals surface area contributed by atoms with Crippen molar-refractivity contribution in [2.45, 2.75) is 0 Å². The van der Waals surface area contributed by atoms with Gasteiger partial charge in [0.2, 0.25) is 5.78 Å². The van der Waals surface area contributed by atoms with Gasteiger partial charge < -0.3 is 5.32 Å². The van der Waals surface area contributed by atoms with Gasteiger partial charge in [-0.05, 0) is 12.1 Å². The molecular weight excluding hydrogens is 336 g/mol. The van der Waals surface area contributed by atoms with Crippen molar-refractivity contribution in [2.75, 3.05) is 5.32 Å². The highest BCUT2D eigenvalue weighted by molar-refractivity contribution is 6.16. The van der Waals surface area contributed by atoms with E-state index in [0.29, 0.717) is 22.4 Å². The van der Waals surface area contributed by atoms with E-state index >= 15 is 0 Å². The number of nitrogens with zero attached hydrogens (tertiary/aromatic N) is 1. The number of ketones is 2. The smallest absolute Gasteiger partial charge is 0.209 e. The lowest BCUT2D eigenvalue weighted by molar-refractivity contribution is 0.101. The van der Waals surface area contributed by atoms with Crippen LogP contribution in [-0.4, -0.2) is 11.6 Å². The Labute approximate surface area is 157 Å². The first-order chi connectivity index (χ1) is 13.2. The molecule has 0 amide bonds. The summed E-state index contributed by atoms with van der Waals surface area (Å²) in [6, 6.07) is 26.3. The van der Waals surface area contributed by atoms with Crippen LogP contribution in [-0.2, 0) is 0 Å².